The molecule has 1 nitrogen and oxygen atoms in total. The molecule has 0 unspecified atom stereocenters. The third kappa shape index (κ3) is 3.95. The molecule has 110 valence electrons. The molecule has 2 aromatic rings. The molecule has 0 atom stereocenters. The normalized spacial score (nSPS) is 11.5. The van der Waals surface area contributed by atoms with Crippen LogP contribution < -0.4 is 0 Å². The Morgan fingerprint density at radius 2 is 1.67 bits per heavy atom. The van der Waals surface area contributed by atoms with E-state index in [0.717, 1.165) is 11.1 Å². The number of ketones is 1. The molecule has 0 saturated carbocycles. The van der Waals surface area contributed by atoms with Crippen LogP contribution in [0.3, 0.4) is 0 Å². The smallest absolute Gasteiger partial charge is 0.167 e. The van der Waals surface area contributed by atoms with Crippen molar-refractivity contribution in [3.05, 3.63) is 69.7 Å². The van der Waals surface area contributed by atoms with Gasteiger partial charge in [0, 0.05) is 17.0 Å². The van der Waals surface area contributed by atoms with E-state index in [4.69, 9.17) is 11.6 Å². The van der Waals surface area contributed by atoms with Crippen LogP contribution in [0.5, 0.6) is 0 Å². The molecule has 0 fully saturated rings. The Bertz CT molecular complexity index is 648. The highest BCUT2D eigenvalue weighted by Gasteiger charge is 2.14. The number of carbonyl (C=O) groups is 1. The van der Waals surface area contributed by atoms with Gasteiger partial charge in [-0.05, 0) is 35.1 Å². The molecule has 0 aliphatic rings. The first-order valence-corrected chi connectivity index (χ1v) is 7.54. The van der Waals surface area contributed by atoms with Crippen molar-refractivity contribution in [2.45, 2.75) is 39.5 Å². The lowest BCUT2D eigenvalue weighted by Gasteiger charge is -2.19. The highest BCUT2D eigenvalue weighted by Crippen LogP contribution is 2.23. The molecule has 0 saturated heterocycles. The first-order chi connectivity index (χ1) is 9.77. The molecule has 21 heavy (non-hydrogen) atoms. The summed E-state index contributed by atoms with van der Waals surface area (Å²) in [4.78, 5) is 12.3. The summed E-state index contributed by atoms with van der Waals surface area (Å²) in [6, 6.07) is 13.8. The minimum Gasteiger partial charge on any atom is -0.294 e. The number of rotatable bonds is 3. The molecule has 0 bridgehead atoms. The van der Waals surface area contributed by atoms with Gasteiger partial charge in [0.2, 0.25) is 0 Å². The van der Waals surface area contributed by atoms with Gasteiger partial charge < -0.3 is 0 Å². The van der Waals surface area contributed by atoms with Crippen molar-refractivity contribution in [1.82, 2.24) is 0 Å². The molecular weight excluding hydrogens is 280 g/mol. The van der Waals surface area contributed by atoms with Crippen LogP contribution in [0, 0.1) is 6.92 Å². The van der Waals surface area contributed by atoms with Crippen molar-refractivity contribution < 1.29 is 4.79 Å². The summed E-state index contributed by atoms with van der Waals surface area (Å²) in [5.41, 5.74) is 4.10. The zero-order valence-electron chi connectivity index (χ0n) is 13.0. The monoisotopic (exact) mass is 300 g/mol. The van der Waals surface area contributed by atoms with E-state index in [1.165, 1.54) is 5.56 Å². The third-order valence-corrected chi connectivity index (χ3v) is 4.09. The van der Waals surface area contributed by atoms with Crippen LogP contribution in [0.1, 0.15) is 47.8 Å². The Balaban J connectivity index is 2.14. The fourth-order valence-corrected chi connectivity index (χ4v) is 2.36. The predicted octanol–water partition coefficient (Wildman–Crippen LogP) is 5.37. The highest BCUT2D eigenvalue weighted by atomic mass is 35.5. The van der Waals surface area contributed by atoms with Gasteiger partial charge in [-0.1, -0.05) is 68.8 Å². The molecule has 0 N–H and O–H groups in total. The molecule has 2 aromatic carbocycles. The maximum absolute atomic E-state index is 12.3. The zero-order chi connectivity index (χ0) is 15.6. The molecule has 2 rings (SSSR count). The van der Waals surface area contributed by atoms with Gasteiger partial charge in [0.25, 0.3) is 0 Å². The summed E-state index contributed by atoms with van der Waals surface area (Å²) in [6.45, 7) is 8.48. The van der Waals surface area contributed by atoms with E-state index in [2.05, 4.69) is 32.9 Å². The number of carbonyl (C=O) groups excluding carboxylic acids is 1. The minimum atomic E-state index is 0.0976. The van der Waals surface area contributed by atoms with Gasteiger partial charge >= 0.3 is 0 Å². The Labute approximate surface area is 132 Å². The average molecular weight is 301 g/mol. The second-order valence-corrected chi connectivity index (χ2v) is 6.92. The number of aryl methyl sites for hydroxylation is 1. The van der Waals surface area contributed by atoms with Crippen molar-refractivity contribution in [3.8, 4) is 0 Å². The van der Waals surface area contributed by atoms with Crippen molar-refractivity contribution >= 4 is 17.4 Å². The lowest BCUT2D eigenvalue weighted by atomic mass is 9.86. The average Bonchev–Trinajstić information content (AvgIpc) is 2.41. The molecule has 0 aliphatic heterocycles. The van der Waals surface area contributed by atoms with Crippen LogP contribution in [0.25, 0.3) is 0 Å². The lowest BCUT2D eigenvalue weighted by molar-refractivity contribution is 0.0993. The van der Waals surface area contributed by atoms with Crippen LogP contribution in [0.2, 0.25) is 5.02 Å². The lowest BCUT2D eigenvalue weighted by Crippen LogP contribution is -2.11. The second kappa shape index (κ2) is 6.03. The van der Waals surface area contributed by atoms with Crippen LogP contribution in [-0.4, -0.2) is 5.78 Å². The molecule has 0 radical (unpaired) electrons. The molecule has 0 aromatic heterocycles. The SMILES string of the molecule is Cc1ccc(C(=O)Cc2ccc(C(C)(C)C)cc2)cc1Cl. The van der Waals surface area contributed by atoms with Gasteiger partial charge in [-0.15, -0.1) is 0 Å². The van der Waals surface area contributed by atoms with E-state index < -0.39 is 0 Å². The van der Waals surface area contributed by atoms with Crippen molar-refractivity contribution in [2.75, 3.05) is 0 Å². The Morgan fingerprint density at radius 1 is 1.05 bits per heavy atom. The number of Topliss-reactive ketones (excluding diaryl/α,β-unsaturated/α-hetero) is 1. The summed E-state index contributed by atoms with van der Waals surface area (Å²) in [5.74, 6) is 0.0976. The van der Waals surface area contributed by atoms with Gasteiger partial charge in [-0.25, -0.2) is 0 Å². The fraction of sp³-hybridized carbons (Fsp3) is 0.316. The summed E-state index contributed by atoms with van der Waals surface area (Å²) in [7, 11) is 0. The summed E-state index contributed by atoms with van der Waals surface area (Å²) in [5, 5.41) is 0.643. The van der Waals surface area contributed by atoms with Crippen LogP contribution in [-0.2, 0) is 11.8 Å². The van der Waals surface area contributed by atoms with Crippen LogP contribution in [0.4, 0.5) is 0 Å². The number of hydrogen-bond acceptors (Lipinski definition) is 1. The number of benzene rings is 2. The zero-order valence-corrected chi connectivity index (χ0v) is 13.8. The molecular formula is C19H21ClO. The topological polar surface area (TPSA) is 17.1 Å². The molecule has 0 amide bonds. The second-order valence-electron chi connectivity index (χ2n) is 6.51. The van der Waals surface area contributed by atoms with E-state index in [-0.39, 0.29) is 11.2 Å². The van der Waals surface area contributed by atoms with Gasteiger partial charge in [-0.3, -0.25) is 4.79 Å². The van der Waals surface area contributed by atoms with Crippen molar-refractivity contribution in [1.29, 1.82) is 0 Å². The van der Waals surface area contributed by atoms with Crippen molar-refractivity contribution in [3.63, 3.8) is 0 Å². The summed E-state index contributed by atoms with van der Waals surface area (Å²) < 4.78 is 0. The molecule has 2 heteroatoms. The van der Waals surface area contributed by atoms with Gasteiger partial charge in [0.05, 0.1) is 0 Å². The molecule has 0 heterocycles. The van der Waals surface area contributed by atoms with Crippen LogP contribution in [0.15, 0.2) is 42.5 Å². The van der Waals surface area contributed by atoms with E-state index in [9.17, 15) is 4.79 Å². The van der Waals surface area contributed by atoms with E-state index >= 15 is 0 Å². The minimum absolute atomic E-state index is 0.0976. The van der Waals surface area contributed by atoms with Gasteiger partial charge in [0.1, 0.15) is 0 Å². The molecule has 0 spiro atoms. The quantitative estimate of drug-likeness (QED) is 0.696. The Hall–Kier alpha value is -1.60. The highest BCUT2D eigenvalue weighted by molar-refractivity contribution is 6.31. The standard InChI is InChI=1S/C19H21ClO/c1-13-5-8-15(12-17(13)20)18(21)11-14-6-9-16(10-7-14)19(2,3)4/h5-10,12H,11H2,1-4H3. The Kier molecular flexibility index (Phi) is 4.53. The number of halogens is 1. The van der Waals surface area contributed by atoms with Crippen LogP contribution >= 0.6 is 11.6 Å². The molecule has 0 aliphatic carbocycles. The largest absolute Gasteiger partial charge is 0.294 e. The maximum Gasteiger partial charge on any atom is 0.167 e. The maximum atomic E-state index is 12.3. The van der Waals surface area contributed by atoms with Crippen molar-refractivity contribution in [2.24, 2.45) is 0 Å². The first-order valence-electron chi connectivity index (χ1n) is 7.16. The number of hydrogen-bond donors (Lipinski definition) is 0. The predicted molar refractivity (Wildman–Crippen MR) is 89.4 cm³/mol. The van der Waals surface area contributed by atoms with E-state index in [1.807, 2.05) is 31.2 Å². The van der Waals surface area contributed by atoms with E-state index in [1.54, 1.807) is 6.07 Å². The third-order valence-electron chi connectivity index (χ3n) is 3.68. The Morgan fingerprint density at radius 3 is 2.19 bits per heavy atom. The summed E-state index contributed by atoms with van der Waals surface area (Å²) >= 11 is 6.08. The fourth-order valence-electron chi connectivity index (χ4n) is 2.18. The summed E-state index contributed by atoms with van der Waals surface area (Å²) in [6.07, 6.45) is 0.407. The van der Waals surface area contributed by atoms with Gasteiger partial charge in [0.15, 0.2) is 5.78 Å². The first kappa shape index (κ1) is 15.8. The van der Waals surface area contributed by atoms with Gasteiger partial charge in [-0.2, -0.15) is 0 Å². The van der Waals surface area contributed by atoms with E-state index in [0.29, 0.717) is 17.0 Å².